The zero-order valence-electron chi connectivity index (χ0n) is 11.5. The molecule has 0 atom stereocenters. The molecule has 0 radical (unpaired) electrons. The highest BCUT2D eigenvalue weighted by Gasteiger charge is 2.08. The van der Waals surface area contributed by atoms with Crippen molar-refractivity contribution in [2.45, 2.75) is 26.4 Å². The van der Waals surface area contributed by atoms with E-state index in [0.717, 1.165) is 26.2 Å². The Morgan fingerprint density at radius 1 is 1.00 bits per heavy atom. The fourth-order valence-corrected chi connectivity index (χ4v) is 1.08. The van der Waals surface area contributed by atoms with E-state index in [1.165, 1.54) is 0 Å². The summed E-state index contributed by atoms with van der Waals surface area (Å²) < 4.78 is 11.0. The smallest absolute Gasteiger partial charge is 0.0707 e. The van der Waals surface area contributed by atoms with Gasteiger partial charge in [-0.3, -0.25) is 0 Å². The molecule has 0 unspecified atom stereocenters. The fourth-order valence-electron chi connectivity index (χ4n) is 1.08. The van der Waals surface area contributed by atoms with Gasteiger partial charge in [-0.1, -0.05) is 0 Å². The van der Waals surface area contributed by atoms with Gasteiger partial charge in [-0.15, -0.1) is 0 Å². The standard InChI is InChI=1S/C12H28N2O2/c1-12(2,3)16-11-10-15-9-7-13-6-8-14(4)5/h13H,6-11H2,1-5H3. The number of likely N-dealkylation sites (N-methyl/N-ethyl adjacent to an activating group) is 1. The van der Waals surface area contributed by atoms with Gasteiger partial charge >= 0.3 is 0 Å². The molecule has 16 heavy (non-hydrogen) atoms. The summed E-state index contributed by atoms with van der Waals surface area (Å²) in [6, 6.07) is 0. The third kappa shape index (κ3) is 13.8. The van der Waals surface area contributed by atoms with Crippen molar-refractivity contribution in [3.05, 3.63) is 0 Å². The molecule has 1 N–H and O–H groups in total. The van der Waals surface area contributed by atoms with Crippen LogP contribution in [0.2, 0.25) is 0 Å². The van der Waals surface area contributed by atoms with Crippen molar-refractivity contribution in [1.29, 1.82) is 0 Å². The van der Waals surface area contributed by atoms with Gasteiger partial charge in [0.25, 0.3) is 0 Å². The average Bonchev–Trinajstić information content (AvgIpc) is 2.13. The molecule has 0 amide bonds. The Balaban J connectivity index is 3.05. The number of nitrogens with zero attached hydrogens (tertiary/aromatic N) is 1. The average molecular weight is 232 g/mol. The second-order valence-corrected chi connectivity index (χ2v) is 5.13. The minimum Gasteiger partial charge on any atom is -0.378 e. The molecule has 0 aliphatic carbocycles. The van der Waals surface area contributed by atoms with E-state index < -0.39 is 0 Å². The van der Waals surface area contributed by atoms with Gasteiger partial charge in [0.1, 0.15) is 0 Å². The molecule has 0 aromatic heterocycles. The van der Waals surface area contributed by atoms with E-state index in [1.807, 2.05) is 0 Å². The maximum atomic E-state index is 5.54. The van der Waals surface area contributed by atoms with Gasteiger partial charge in [-0.25, -0.2) is 0 Å². The van der Waals surface area contributed by atoms with E-state index >= 15 is 0 Å². The first-order valence-corrected chi connectivity index (χ1v) is 5.99. The highest BCUT2D eigenvalue weighted by molar-refractivity contribution is 4.58. The minimum atomic E-state index is -0.0622. The topological polar surface area (TPSA) is 33.7 Å². The Morgan fingerprint density at radius 2 is 1.69 bits per heavy atom. The van der Waals surface area contributed by atoms with Crippen LogP contribution in [0.25, 0.3) is 0 Å². The summed E-state index contributed by atoms with van der Waals surface area (Å²) in [6.07, 6.45) is 0. The third-order valence-corrected chi connectivity index (χ3v) is 1.92. The molecular formula is C12H28N2O2. The van der Waals surface area contributed by atoms with E-state index in [-0.39, 0.29) is 5.60 Å². The molecule has 0 aromatic carbocycles. The summed E-state index contributed by atoms with van der Waals surface area (Å²) in [4.78, 5) is 2.16. The number of nitrogens with one attached hydrogen (secondary N) is 1. The zero-order valence-corrected chi connectivity index (χ0v) is 11.5. The lowest BCUT2D eigenvalue weighted by Crippen LogP contribution is -2.29. The maximum Gasteiger partial charge on any atom is 0.0707 e. The van der Waals surface area contributed by atoms with Crippen LogP contribution in [0, 0.1) is 0 Å². The lowest BCUT2D eigenvalue weighted by atomic mass is 10.2. The molecule has 0 spiro atoms. The highest BCUT2D eigenvalue weighted by atomic mass is 16.5. The summed E-state index contributed by atoms with van der Waals surface area (Å²) in [5.74, 6) is 0. The normalized spacial score (nSPS) is 12.4. The first-order valence-electron chi connectivity index (χ1n) is 5.99. The molecule has 98 valence electrons. The van der Waals surface area contributed by atoms with E-state index in [4.69, 9.17) is 9.47 Å². The lowest BCUT2D eigenvalue weighted by molar-refractivity contribution is -0.0343. The van der Waals surface area contributed by atoms with Gasteiger partial charge in [0.05, 0.1) is 25.4 Å². The van der Waals surface area contributed by atoms with Crippen LogP contribution in [0.15, 0.2) is 0 Å². The van der Waals surface area contributed by atoms with E-state index in [1.54, 1.807) is 0 Å². The van der Waals surface area contributed by atoms with Gasteiger partial charge in [-0.05, 0) is 34.9 Å². The number of hydrogen-bond donors (Lipinski definition) is 1. The molecule has 0 saturated carbocycles. The van der Waals surface area contributed by atoms with Crippen molar-refractivity contribution in [2.24, 2.45) is 0 Å². The van der Waals surface area contributed by atoms with Crippen LogP contribution < -0.4 is 5.32 Å². The molecule has 0 aromatic rings. The molecule has 0 fully saturated rings. The molecule has 0 saturated heterocycles. The van der Waals surface area contributed by atoms with Crippen molar-refractivity contribution >= 4 is 0 Å². The van der Waals surface area contributed by atoms with Crippen LogP contribution >= 0.6 is 0 Å². The first kappa shape index (κ1) is 15.8. The van der Waals surface area contributed by atoms with Crippen LogP contribution in [-0.4, -0.2) is 64.1 Å². The Hall–Kier alpha value is -0.160. The summed E-state index contributed by atoms with van der Waals surface area (Å²) >= 11 is 0. The van der Waals surface area contributed by atoms with Crippen molar-refractivity contribution in [1.82, 2.24) is 10.2 Å². The molecule has 4 heteroatoms. The molecule has 4 nitrogen and oxygen atoms in total. The molecular weight excluding hydrogens is 204 g/mol. The predicted octanol–water partition coefficient (Wildman–Crippen LogP) is 0.969. The fraction of sp³-hybridized carbons (Fsp3) is 1.00. The minimum absolute atomic E-state index is 0.0622. The summed E-state index contributed by atoms with van der Waals surface area (Å²) in [5, 5.41) is 3.32. The van der Waals surface area contributed by atoms with Crippen molar-refractivity contribution < 1.29 is 9.47 Å². The second kappa shape index (κ2) is 8.93. The first-order chi connectivity index (χ1) is 7.42. The number of rotatable bonds is 9. The Kier molecular flexibility index (Phi) is 8.84. The monoisotopic (exact) mass is 232 g/mol. The molecule has 0 bridgehead atoms. The SMILES string of the molecule is CN(C)CCNCCOCCOC(C)(C)C. The molecule has 0 aliphatic rings. The Labute approximate surface area is 100 Å². The van der Waals surface area contributed by atoms with Crippen molar-refractivity contribution in [2.75, 3.05) is 53.6 Å². The zero-order chi connectivity index (χ0) is 12.4. The van der Waals surface area contributed by atoms with Crippen LogP contribution in [-0.2, 0) is 9.47 Å². The molecule has 0 rings (SSSR count). The second-order valence-electron chi connectivity index (χ2n) is 5.13. The van der Waals surface area contributed by atoms with Crippen LogP contribution in [0.1, 0.15) is 20.8 Å². The Bertz CT molecular complexity index is 156. The number of hydrogen-bond acceptors (Lipinski definition) is 4. The van der Waals surface area contributed by atoms with Crippen molar-refractivity contribution in [3.8, 4) is 0 Å². The van der Waals surface area contributed by atoms with E-state index in [0.29, 0.717) is 13.2 Å². The molecule has 0 aliphatic heterocycles. The Morgan fingerprint density at radius 3 is 2.25 bits per heavy atom. The van der Waals surface area contributed by atoms with Gasteiger partial charge in [0.2, 0.25) is 0 Å². The summed E-state index contributed by atoms with van der Waals surface area (Å²) in [6.45, 7) is 11.2. The van der Waals surface area contributed by atoms with Crippen LogP contribution in [0.5, 0.6) is 0 Å². The molecule has 0 heterocycles. The summed E-state index contributed by atoms with van der Waals surface area (Å²) in [5.41, 5.74) is -0.0622. The highest BCUT2D eigenvalue weighted by Crippen LogP contribution is 2.05. The van der Waals surface area contributed by atoms with E-state index in [2.05, 4.69) is 45.1 Å². The maximum absolute atomic E-state index is 5.54. The van der Waals surface area contributed by atoms with Crippen LogP contribution in [0.3, 0.4) is 0 Å². The van der Waals surface area contributed by atoms with Crippen molar-refractivity contribution in [3.63, 3.8) is 0 Å². The van der Waals surface area contributed by atoms with Gasteiger partial charge in [0.15, 0.2) is 0 Å². The number of ether oxygens (including phenoxy) is 2. The summed E-state index contributed by atoms with van der Waals surface area (Å²) in [7, 11) is 4.14. The largest absolute Gasteiger partial charge is 0.378 e. The van der Waals surface area contributed by atoms with Gasteiger partial charge < -0.3 is 19.7 Å². The van der Waals surface area contributed by atoms with Crippen LogP contribution in [0.4, 0.5) is 0 Å². The third-order valence-electron chi connectivity index (χ3n) is 1.92. The van der Waals surface area contributed by atoms with Gasteiger partial charge in [0, 0.05) is 19.6 Å². The quantitative estimate of drug-likeness (QED) is 0.601. The van der Waals surface area contributed by atoms with Gasteiger partial charge in [-0.2, -0.15) is 0 Å². The predicted molar refractivity (Wildman–Crippen MR) is 67.9 cm³/mol. The lowest BCUT2D eigenvalue weighted by Gasteiger charge is -2.19. The van der Waals surface area contributed by atoms with E-state index in [9.17, 15) is 0 Å².